The molecule has 1 aromatic heterocycles. The van der Waals surface area contributed by atoms with Crippen LogP contribution in [0, 0.1) is 17.7 Å². The van der Waals surface area contributed by atoms with Crippen molar-refractivity contribution in [2.75, 3.05) is 37.6 Å². The fraction of sp³-hybridized carbons (Fsp3) is 0.692. The van der Waals surface area contributed by atoms with Gasteiger partial charge in [-0.1, -0.05) is 24.4 Å². The van der Waals surface area contributed by atoms with Gasteiger partial charge in [-0.05, 0) is 75.6 Å². The Balaban J connectivity index is 1.02. The average Bonchev–Trinajstić information content (AvgIpc) is 3.27. The number of hydrogen-bond donors (Lipinski definition) is 1. The number of aromatic nitrogens is 1. The van der Waals surface area contributed by atoms with Crippen LogP contribution in [0.5, 0.6) is 0 Å². The third kappa shape index (κ3) is 5.51. The summed E-state index contributed by atoms with van der Waals surface area (Å²) in [6, 6.07) is 4.96. The van der Waals surface area contributed by atoms with E-state index >= 15 is 0 Å². The SMILES string of the molecule is O=C(NC1CCC(CCN2CCN(c3noc4ccc(F)cc34)CC2)CC1)C1CCCCC1. The number of nitrogens with zero attached hydrogens (tertiary/aromatic N) is 3. The number of nitrogens with one attached hydrogen (secondary N) is 1. The first-order valence-electron chi connectivity index (χ1n) is 13.0. The predicted octanol–water partition coefficient (Wildman–Crippen LogP) is 4.73. The minimum Gasteiger partial charge on any atom is -0.354 e. The number of piperazine rings is 1. The Labute approximate surface area is 195 Å². The summed E-state index contributed by atoms with van der Waals surface area (Å²) in [6.45, 7) is 4.90. The van der Waals surface area contributed by atoms with Crippen molar-refractivity contribution in [3.63, 3.8) is 0 Å². The Kier molecular flexibility index (Phi) is 7.14. The summed E-state index contributed by atoms with van der Waals surface area (Å²) < 4.78 is 19.0. The van der Waals surface area contributed by atoms with Crippen molar-refractivity contribution in [1.82, 2.24) is 15.4 Å². The topological polar surface area (TPSA) is 61.6 Å². The van der Waals surface area contributed by atoms with Gasteiger partial charge in [-0.2, -0.15) is 0 Å². The normalized spacial score (nSPS) is 25.4. The van der Waals surface area contributed by atoms with Crippen LogP contribution >= 0.6 is 0 Å². The monoisotopic (exact) mass is 456 g/mol. The van der Waals surface area contributed by atoms with E-state index in [4.69, 9.17) is 4.52 Å². The summed E-state index contributed by atoms with van der Waals surface area (Å²) >= 11 is 0. The first kappa shape index (κ1) is 22.6. The number of carbonyl (C=O) groups excluding carboxylic acids is 1. The van der Waals surface area contributed by atoms with E-state index in [0.29, 0.717) is 17.5 Å². The second-order valence-electron chi connectivity index (χ2n) is 10.3. The Morgan fingerprint density at radius 2 is 1.79 bits per heavy atom. The molecule has 33 heavy (non-hydrogen) atoms. The predicted molar refractivity (Wildman–Crippen MR) is 128 cm³/mol. The van der Waals surface area contributed by atoms with Crippen molar-refractivity contribution >= 4 is 22.7 Å². The van der Waals surface area contributed by atoms with E-state index in [1.165, 1.54) is 50.7 Å². The van der Waals surface area contributed by atoms with Gasteiger partial charge in [-0.3, -0.25) is 9.69 Å². The minimum atomic E-state index is -0.256. The molecule has 0 bridgehead atoms. The Bertz CT molecular complexity index is 926. The fourth-order valence-electron chi connectivity index (χ4n) is 5.95. The lowest BCUT2D eigenvalue weighted by Crippen LogP contribution is -2.47. The molecule has 3 aliphatic rings. The molecule has 180 valence electrons. The molecular weight excluding hydrogens is 419 g/mol. The zero-order valence-electron chi connectivity index (χ0n) is 19.6. The highest BCUT2D eigenvalue weighted by atomic mass is 19.1. The van der Waals surface area contributed by atoms with Crippen molar-refractivity contribution in [2.24, 2.45) is 11.8 Å². The van der Waals surface area contributed by atoms with Gasteiger partial charge in [0.2, 0.25) is 5.91 Å². The van der Waals surface area contributed by atoms with E-state index in [0.717, 1.165) is 75.5 Å². The van der Waals surface area contributed by atoms with E-state index < -0.39 is 0 Å². The Morgan fingerprint density at radius 1 is 1.03 bits per heavy atom. The number of amides is 1. The molecular formula is C26H37FN4O2. The maximum Gasteiger partial charge on any atom is 0.223 e. The van der Waals surface area contributed by atoms with Crippen LogP contribution in [0.2, 0.25) is 0 Å². The summed E-state index contributed by atoms with van der Waals surface area (Å²) in [4.78, 5) is 17.3. The lowest BCUT2D eigenvalue weighted by Gasteiger charge is -2.36. The van der Waals surface area contributed by atoms with Crippen LogP contribution < -0.4 is 10.2 Å². The molecule has 0 atom stereocenters. The highest BCUT2D eigenvalue weighted by molar-refractivity contribution is 5.88. The number of anilines is 1. The molecule has 1 aromatic carbocycles. The van der Waals surface area contributed by atoms with Crippen LogP contribution in [0.4, 0.5) is 10.2 Å². The van der Waals surface area contributed by atoms with E-state index in [1.54, 1.807) is 6.07 Å². The highest BCUT2D eigenvalue weighted by Gasteiger charge is 2.27. The number of benzene rings is 1. The third-order valence-electron chi connectivity index (χ3n) is 8.11. The number of fused-ring (bicyclic) bond motifs is 1. The second kappa shape index (κ2) is 10.4. The number of carbonyl (C=O) groups is 1. The largest absolute Gasteiger partial charge is 0.354 e. The molecule has 1 aliphatic heterocycles. The van der Waals surface area contributed by atoms with E-state index in [9.17, 15) is 9.18 Å². The summed E-state index contributed by atoms with van der Waals surface area (Å²) in [6.07, 6.45) is 11.8. The van der Waals surface area contributed by atoms with Crippen LogP contribution in [-0.2, 0) is 4.79 Å². The third-order valence-corrected chi connectivity index (χ3v) is 8.11. The molecule has 1 saturated heterocycles. The van der Waals surface area contributed by atoms with Crippen LogP contribution in [0.1, 0.15) is 64.2 Å². The zero-order chi connectivity index (χ0) is 22.6. The Morgan fingerprint density at radius 3 is 2.55 bits per heavy atom. The molecule has 2 aliphatic carbocycles. The number of rotatable bonds is 6. The van der Waals surface area contributed by atoms with E-state index in [-0.39, 0.29) is 11.7 Å². The molecule has 2 saturated carbocycles. The lowest BCUT2D eigenvalue weighted by atomic mass is 9.83. The van der Waals surface area contributed by atoms with Gasteiger partial charge in [-0.15, -0.1) is 0 Å². The highest BCUT2D eigenvalue weighted by Crippen LogP contribution is 2.30. The first-order valence-corrected chi connectivity index (χ1v) is 13.0. The van der Waals surface area contributed by atoms with Crippen molar-refractivity contribution in [3.05, 3.63) is 24.0 Å². The molecule has 7 heteroatoms. The summed E-state index contributed by atoms with van der Waals surface area (Å²) in [5.41, 5.74) is 0.638. The molecule has 1 N–H and O–H groups in total. The lowest BCUT2D eigenvalue weighted by molar-refractivity contribution is -0.126. The maximum absolute atomic E-state index is 13.7. The molecule has 2 aromatic rings. The van der Waals surface area contributed by atoms with Gasteiger partial charge in [0.05, 0.1) is 5.39 Å². The van der Waals surface area contributed by atoms with Crippen LogP contribution in [-0.4, -0.2) is 54.7 Å². The Hall–Kier alpha value is -2.15. The van der Waals surface area contributed by atoms with Gasteiger partial charge in [0, 0.05) is 38.1 Å². The van der Waals surface area contributed by atoms with Gasteiger partial charge in [0.1, 0.15) is 5.82 Å². The van der Waals surface area contributed by atoms with Gasteiger partial charge in [-0.25, -0.2) is 4.39 Å². The van der Waals surface area contributed by atoms with Gasteiger partial charge in [0.15, 0.2) is 11.4 Å². The molecule has 0 radical (unpaired) electrons. The molecule has 1 amide bonds. The van der Waals surface area contributed by atoms with Crippen molar-refractivity contribution in [3.8, 4) is 0 Å². The smallest absolute Gasteiger partial charge is 0.223 e. The number of halogens is 1. The van der Waals surface area contributed by atoms with Crippen molar-refractivity contribution in [1.29, 1.82) is 0 Å². The summed E-state index contributed by atoms with van der Waals surface area (Å²) in [5, 5.41) is 8.31. The van der Waals surface area contributed by atoms with Gasteiger partial charge in [0.25, 0.3) is 0 Å². The molecule has 6 nitrogen and oxygen atoms in total. The fourth-order valence-corrected chi connectivity index (χ4v) is 5.95. The van der Waals surface area contributed by atoms with Crippen LogP contribution in [0.3, 0.4) is 0 Å². The second-order valence-corrected chi connectivity index (χ2v) is 10.3. The summed E-state index contributed by atoms with van der Waals surface area (Å²) in [5.74, 6) is 1.86. The molecule has 0 unspecified atom stereocenters. The van der Waals surface area contributed by atoms with Crippen molar-refractivity contribution in [2.45, 2.75) is 70.3 Å². The summed E-state index contributed by atoms with van der Waals surface area (Å²) in [7, 11) is 0. The zero-order valence-corrected chi connectivity index (χ0v) is 19.6. The molecule has 3 fully saturated rings. The van der Waals surface area contributed by atoms with Crippen molar-refractivity contribution < 1.29 is 13.7 Å². The van der Waals surface area contributed by atoms with Crippen LogP contribution in [0.25, 0.3) is 11.0 Å². The van der Waals surface area contributed by atoms with E-state index in [2.05, 4.69) is 20.3 Å². The van der Waals surface area contributed by atoms with E-state index in [1.807, 2.05) is 0 Å². The molecule has 0 spiro atoms. The van der Waals surface area contributed by atoms with Crippen LogP contribution in [0.15, 0.2) is 22.7 Å². The standard InChI is InChI=1S/C26H37FN4O2/c27-21-8-11-24-23(18-21)25(29-33-24)31-16-14-30(15-17-31)13-12-19-6-9-22(10-7-19)28-26(32)20-4-2-1-3-5-20/h8,11,18-20,22H,1-7,9-10,12-17H2,(H,28,32). The molecule has 2 heterocycles. The first-order chi connectivity index (χ1) is 16.2. The number of hydrogen-bond acceptors (Lipinski definition) is 5. The molecule has 5 rings (SSSR count). The van der Waals surface area contributed by atoms with Gasteiger partial charge < -0.3 is 14.7 Å². The van der Waals surface area contributed by atoms with Gasteiger partial charge >= 0.3 is 0 Å². The minimum absolute atomic E-state index is 0.256. The quantitative estimate of drug-likeness (QED) is 0.681. The average molecular weight is 457 g/mol. The maximum atomic E-state index is 13.7.